The average molecular weight is 192 g/mol. The fraction of sp³-hybridized carbons (Fsp3) is 0.111. The molecule has 3 nitrogen and oxygen atoms in total. The van der Waals surface area contributed by atoms with Gasteiger partial charge in [0.05, 0.1) is 17.5 Å². The number of pyridine rings is 1. The van der Waals surface area contributed by atoms with Gasteiger partial charge in [0.2, 0.25) is 0 Å². The van der Waals surface area contributed by atoms with Crippen LogP contribution in [0.15, 0.2) is 18.5 Å². The van der Waals surface area contributed by atoms with Gasteiger partial charge in [-0.1, -0.05) is 11.6 Å². The maximum atomic E-state index is 8.55. The van der Waals surface area contributed by atoms with Gasteiger partial charge in [0.1, 0.15) is 5.65 Å². The number of aromatic nitrogens is 2. The highest BCUT2D eigenvalue weighted by Gasteiger charge is 2.03. The molecule has 0 amide bonds. The second-order valence-electron chi connectivity index (χ2n) is 2.70. The number of fused-ring (bicyclic) bond motifs is 1. The smallest absolute Gasteiger partial charge is 0.137 e. The lowest BCUT2D eigenvalue weighted by atomic mass is 10.2. The van der Waals surface area contributed by atoms with Crippen molar-refractivity contribution in [1.29, 1.82) is 5.26 Å². The SMILES string of the molecule is N#CCc1c[nH]c2ncc(Cl)cc12. The lowest BCUT2D eigenvalue weighted by Gasteiger charge is -1.92. The summed E-state index contributed by atoms with van der Waals surface area (Å²) in [6.07, 6.45) is 3.75. The fourth-order valence-electron chi connectivity index (χ4n) is 1.26. The van der Waals surface area contributed by atoms with Crippen molar-refractivity contribution < 1.29 is 0 Å². The second kappa shape index (κ2) is 3.08. The predicted octanol–water partition coefficient (Wildman–Crippen LogP) is 2.28. The molecule has 0 atom stereocenters. The number of H-pyrrole nitrogens is 1. The first kappa shape index (κ1) is 8.09. The first-order valence-corrected chi connectivity index (χ1v) is 4.17. The zero-order valence-corrected chi connectivity index (χ0v) is 7.47. The first-order chi connectivity index (χ1) is 6.31. The van der Waals surface area contributed by atoms with Crippen LogP contribution in [0.2, 0.25) is 5.02 Å². The molecule has 0 radical (unpaired) electrons. The Balaban J connectivity index is 2.66. The summed E-state index contributed by atoms with van der Waals surface area (Å²) in [5, 5.41) is 10.1. The molecule has 0 aliphatic rings. The van der Waals surface area contributed by atoms with Gasteiger partial charge in [0, 0.05) is 17.8 Å². The van der Waals surface area contributed by atoms with E-state index in [2.05, 4.69) is 16.0 Å². The Hall–Kier alpha value is -1.53. The molecule has 0 unspecified atom stereocenters. The summed E-state index contributed by atoms with van der Waals surface area (Å²) in [5.74, 6) is 0. The van der Waals surface area contributed by atoms with Crippen LogP contribution in [0.1, 0.15) is 5.56 Å². The minimum absolute atomic E-state index is 0.377. The maximum absolute atomic E-state index is 8.55. The second-order valence-corrected chi connectivity index (χ2v) is 3.13. The normalized spacial score (nSPS) is 10.2. The summed E-state index contributed by atoms with van der Waals surface area (Å²) in [6, 6.07) is 3.90. The van der Waals surface area contributed by atoms with Crippen molar-refractivity contribution in [2.45, 2.75) is 6.42 Å². The topological polar surface area (TPSA) is 52.5 Å². The van der Waals surface area contributed by atoms with Gasteiger partial charge in [-0.25, -0.2) is 4.98 Å². The Morgan fingerprint density at radius 3 is 3.23 bits per heavy atom. The Bertz CT molecular complexity index is 481. The van der Waals surface area contributed by atoms with Gasteiger partial charge < -0.3 is 4.98 Å². The van der Waals surface area contributed by atoms with Crippen LogP contribution in [0.5, 0.6) is 0 Å². The van der Waals surface area contributed by atoms with E-state index in [-0.39, 0.29) is 0 Å². The predicted molar refractivity (Wildman–Crippen MR) is 50.4 cm³/mol. The van der Waals surface area contributed by atoms with E-state index in [1.807, 2.05) is 6.07 Å². The van der Waals surface area contributed by atoms with E-state index in [9.17, 15) is 0 Å². The molecule has 0 aliphatic carbocycles. The monoisotopic (exact) mass is 191 g/mol. The largest absolute Gasteiger partial charge is 0.346 e. The highest BCUT2D eigenvalue weighted by molar-refractivity contribution is 6.31. The van der Waals surface area contributed by atoms with E-state index >= 15 is 0 Å². The molecule has 2 aromatic rings. The molecule has 2 rings (SSSR count). The van der Waals surface area contributed by atoms with Crippen molar-refractivity contribution in [3.05, 3.63) is 29.0 Å². The van der Waals surface area contributed by atoms with Gasteiger partial charge in [0.15, 0.2) is 0 Å². The number of nitrogens with zero attached hydrogens (tertiary/aromatic N) is 2. The number of rotatable bonds is 1. The summed E-state index contributed by atoms with van der Waals surface area (Å²) in [6.45, 7) is 0. The van der Waals surface area contributed by atoms with Crippen LogP contribution in [-0.4, -0.2) is 9.97 Å². The first-order valence-electron chi connectivity index (χ1n) is 3.79. The third-order valence-corrected chi connectivity index (χ3v) is 2.06. The third-order valence-electron chi connectivity index (χ3n) is 1.85. The minimum atomic E-state index is 0.377. The van der Waals surface area contributed by atoms with Crippen LogP contribution in [0, 0.1) is 11.3 Å². The molecule has 13 heavy (non-hydrogen) atoms. The van der Waals surface area contributed by atoms with Gasteiger partial charge in [-0.15, -0.1) is 0 Å². The third kappa shape index (κ3) is 1.36. The summed E-state index contributed by atoms with van der Waals surface area (Å²) < 4.78 is 0. The molecule has 64 valence electrons. The van der Waals surface area contributed by atoms with Crippen molar-refractivity contribution in [1.82, 2.24) is 9.97 Å². The Morgan fingerprint density at radius 1 is 1.62 bits per heavy atom. The van der Waals surface area contributed by atoms with E-state index in [1.54, 1.807) is 12.4 Å². The number of nitriles is 1. The van der Waals surface area contributed by atoms with Crippen LogP contribution < -0.4 is 0 Å². The molecule has 0 aliphatic heterocycles. The lowest BCUT2D eigenvalue weighted by molar-refractivity contribution is 1.27. The van der Waals surface area contributed by atoms with E-state index < -0.39 is 0 Å². The Morgan fingerprint density at radius 2 is 2.46 bits per heavy atom. The number of hydrogen-bond acceptors (Lipinski definition) is 2. The van der Waals surface area contributed by atoms with Gasteiger partial charge in [-0.05, 0) is 11.6 Å². The number of hydrogen-bond donors (Lipinski definition) is 1. The van der Waals surface area contributed by atoms with Crippen LogP contribution in [0.25, 0.3) is 11.0 Å². The molecule has 0 saturated carbocycles. The van der Waals surface area contributed by atoms with Gasteiger partial charge in [-0.3, -0.25) is 0 Å². The summed E-state index contributed by atoms with van der Waals surface area (Å²) in [7, 11) is 0. The maximum Gasteiger partial charge on any atom is 0.137 e. The van der Waals surface area contributed by atoms with Crippen LogP contribution in [0.4, 0.5) is 0 Å². The highest BCUT2D eigenvalue weighted by Crippen LogP contribution is 2.20. The van der Waals surface area contributed by atoms with Gasteiger partial charge >= 0.3 is 0 Å². The van der Waals surface area contributed by atoms with Crippen molar-refractivity contribution in [2.24, 2.45) is 0 Å². The molecule has 4 heteroatoms. The van der Waals surface area contributed by atoms with Crippen LogP contribution >= 0.6 is 11.6 Å². The zero-order chi connectivity index (χ0) is 9.26. The molecular weight excluding hydrogens is 186 g/mol. The van der Waals surface area contributed by atoms with Crippen molar-refractivity contribution >= 4 is 22.6 Å². The molecule has 0 saturated heterocycles. The van der Waals surface area contributed by atoms with E-state index in [4.69, 9.17) is 16.9 Å². The van der Waals surface area contributed by atoms with E-state index in [0.717, 1.165) is 16.6 Å². The quantitative estimate of drug-likeness (QED) is 0.752. The standard InChI is InChI=1S/C9H6ClN3/c10-7-3-8-6(1-2-11)4-12-9(8)13-5-7/h3-5H,1H2,(H,12,13). The molecule has 2 heterocycles. The van der Waals surface area contributed by atoms with E-state index in [0.29, 0.717) is 11.4 Å². The summed E-state index contributed by atoms with van der Waals surface area (Å²) in [4.78, 5) is 7.07. The van der Waals surface area contributed by atoms with Crippen LogP contribution in [0.3, 0.4) is 0 Å². The summed E-state index contributed by atoms with van der Waals surface area (Å²) >= 11 is 5.79. The molecule has 0 fully saturated rings. The summed E-state index contributed by atoms with van der Waals surface area (Å²) in [5.41, 5.74) is 1.71. The van der Waals surface area contributed by atoms with E-state index in [1.165, 1.54) is 0 Å². The lowest BCUT2D eigenvalue weighted by Crippen LogP contribution is -1.79. The number of aromatic amines is 1. The molecule has 0 aromatic carbocycles. The van der Waals surface area contributed by atoms with Gasteiger partial charge in [0.25, 0.3) is 0 Å². The molecule has 0 bridgehead atoms. The Labute approximate surface area is 80.0 Å². The van der Waals surface area contributed by atoms with Gasteiger partial charge in [-0.2, -0.15) is 5.26 Å². The molecule has 0 spiro atoms. The van der Waals surface area contributed by atoms with Crippen molar-refractivity contribution in [3.8, 4) is 6.07 Å². The minimum Gasteiger partial charge on any atom is -0.346 e. The zero-order valence-electron chi connectivity index (χ0n) is 6.71. The number of nitrogens with one attached hydrogen (secondary N) is 1. The molecular formula is C9H6ClN3. The molecule has 2 aromatic heterocycles. The fourth-order valence-corrected chi connectivity index (χ4v) is 1.42. The van der Waals surface area contributed by atoms with Crippen molar-refractivity contribution in [3.63, 3.8) is 0 Å². The Kier molecular flexibility index (Phi) is 1.91. The van der Waals surface area contributed by atoms with Crippen LogP contribution in [-0.2, 0) is 6.42 Å². The number of halogens is 1. The highest BCUT2D eigenvalue weighted by atomic mass is 35.5. The average Bonchev–Trinajstić information content (AvgIpc) is 2.49. The van der Waals surface area contributed by atoms with Crippen molar-refractivity contribution in [2.75, 3.05) is 0 Å². The molecule has 1 N–H and O–H groups in total.